The second-order valence-corrected chi connectivity index (χ2v) is 9.96. The van der Waals surface area contributed by atoms with Gasteiger partial charge in [0.15, 0.2) is 0 Å². The van der Waals surface area contributed by atoms with Crippen LogP contribution in [0.15, 0.2) is 73.1 Å². The summed E-state index contributed by atoms with van der Waals surface area (Å²) in [4.78, 5) is 28.3. The number of rotatable bonds is 7. The maximum Gasteiger partial charge on any atom is 0.416 e. The van der Waals surface area contributed by atoms with Crippen LogP contribution in [-0.4, -0.2) is 52.0 Å². The number of benzene rings is 2. The number of amides is 1. The molecule has 11 heteroatoms. The van der Waals surface area contributed by atoms with Crippen LogP contribution in [0.5, 0.6) is 5.88 Å². The van der Waals surface area contributed by atoms with Gasteiger partial charge in [0, 0.05) is 54.1 Å². The molecule has 4 aromatic rings. The van der Waals surface area contributed by atoms with Crippen LogP contribution in [0.3, 0.4) is 0 Å². The molecule has 0 bridgehead atoms. The van der Waals surface area contributed by atoms with E-state index in [4.69, 9.17) is 4.74 Å². The van der Waals surface area contributed by atoms with Crippen molar-refractivity contribution in [3.05, 3.63) is 89.7 Å². The minimum absolute atomic E-state index is 0.0951. The molecule has 41 heavy (non-hydrogen) atoms. The number of carbonyl (C=O) groups is 1. The fourth-order valence-electron chi connectivity index (χ4n) is 4.45. The Bertz CT molecular complexity index is 1520. The summed E-state index contributed by atoms with van der Waals surface area (Å²) >= 11 is 0. The summed E-state index contributed by atoms with van der Waals surface area (Å²) in [5.41, 5.74) is 2.36. The van der Waals surface area contributed by atoms with Crippen molar-refractivity contribution in [2.24, 2.45) is 0 Å². The van der Waals surface area contributed by atoms with Crippen molar-refractivity contribution in [1.29, 1.82) is 0 Å². The highest BCUT2D eigenvalue weighted by atomic mass is 19.4. The SMILES string of the molecule is Cc1ccc(NC(=O)c2cccc(C(F)(F)F)c2)cc1Nc1nccc(-c2ccc(OC3CCN(C)CC3)nc2)n1. The first-order chi connectivity index (χ1) is 19.6. The zero-order valence-electron chi connectivity index (χ0n) is 22.6. The second kappa shape index (κ2) is 11.9. The van der Waals surface area contributed by atoms with Gasteiger partial charge in [-0.15, -0.1) is 0 Å². The molecule has 1 aliphatic rings. The quantitative estimate of drug-likeness (QED) is 0.272. The van der Waals surface area contributed by atoms with Gasteiger partial charge in [-0.2, -0.15) is 13.2 Å². The summed E-state index contributed by atoms with van der Waals surface area (Å²) in [7, 11) is 2.11. The van der Waals surface area contributed by atoms with Crippen LogP contribution in [0.1, 0.15) is 34.3 Å². The van der Waals surface area contributed by atoms with Crippen molar-refractivity contribution < 1.29 is 22.7 Å². The summed E-state index contributed by atoms with van der Waals surface area (Å²) < 4.78 is 45.2. The van der Waals surface area contributed by atoms with Gasteiger partial charge >= 0.3 is 6.18 Å². The van der Waals surface area contributed by atoms with Gasteiger partial charge in [0.2, 0.25) is 11.8 Å². The zero-order chi connectivity index (χ0) is 29.0. The molecule has 5 rings (SSSR count). The molecule has 1 fully saturated rings. The lowest BCUT2D eigenvalue weighted by Gasteiger charge is -2.28. The molecule has 0 saturated carbocycles. The lowest BCUT2D eigenvalue weighted by Crippen LogP contribution is -2.35. The van der Waals surface area contributed by atoms with Crippen molar-refractivity contribution in [2.45, 2.75) is 32.0 Å². The Morgan fingerprint density at radius 2 is 1.83 bits per heavy atom. The average Bonchev–Trinajstić information content (AvgIpc) is 2.96. The number of ether oxygens (including phenoxy) is 1. The summed E-state index contributed by atoms with van der Waals surface area (Å²) in [6.45, 7) is 3.88. The molecule has 0 aliphatic carbocycles. The van der Waals surface area contributed by atoms with Crippen molar-refractivity contribution in [2.75, 3.05) is 30.8 Å². The van der Waals surface area contributed by atoms with E-state index in [1.54, 1.807) is 36.7 Å². The van der Waals surface area contributed by atoms with Gasteiger partial charge in [0.05, 0.1) is 11.3 Å². The lowest BCUT2D eigenvalue weighted by molar-refractivity contribution is -0.137. The van der Waals surface area contributed by atoms with Gasteiger partial charge in [-0.1, -0.05) is 12.1 Å². The number of likely N-dealkylation sites (tertiary alicyclic amines) is 1. The van der Waals surface area contributed by atoms with Gasteiger partial charge in [-0.3, -0.25) is 4.79 Å². The summed E-state index contributed by atoms with van der Waals surface area (Å²) in [6, 6.07) is 14.9. The maximum atomic E-state index is 13.1. The third-order valence-corrected chi connectivity index (χ3v) is 6.83. The number of hydrogen-bond donors (Lipinski definition) is 2. The van der Waals surface area contributed by atoms with Crippen LogP contribution in [0.4, 0.5) is 30.5 Å². The van der Waals surface area contributed by atoms with Gasteiger partial charge in [0.1, 0.15) is 6.10 Å². The topological polar surface area (TPSA) is 92.3 Å². The Balaban J connectivity index is 1.26. The lowest BCUT2D eigenvalue weighted by atomic mass is 10.1. The van der Waals surface area contributed by atoms with Crippen molar-refractivity contribution in [3.63, 3.8) is 0 Å². The Labute approximate surface area is 235 Å². The molecule has 2 aromatic carbocycles. The average molecular weight is 563 g/mol. The van der Waals surface area contributed by atoms with E-state index in [0.29, 0.717) is 28.9 Å². The Hall–Kier alpha value is -4.51. The number of halogens is 3. The number of nitrogens with one attached hydrogen (secondary N) is 2. The van der Waals surface area contributed by atoms with Gasteiger partial charge < -0.3 is 20.3 Å². The maximum absolute atomic E-state index is 13.1. The number of nitrogens with zero attached hydrogens (tertiary/aromatic N) is 4. The summed E-state index contributed by atoms with van der Waals surface area (Å²) in [5, 5.41) is 5.82. The van der Waals surface area contributed by atoms with Crippen LogP contribution in [-0.2, 0) is 6.18 Å². The third kappa shape index (κ3) is 7.17. The van der Waals surface area contributed by atoms with Crippen LogP contribution in [0, 0.1) is 6.92 Å². The minimum atomic E-state index is -4.54. The van der Waals surface area contributed by atoms with Crippen molar-refractivity contribution in [3.8, 4) is 17.1 Å². The Kier molecular flexibility index (Phi) is 8.16. The molecule has 0 atom stereocenters. The minimum Gasteiger partial charge on any atom is -0.474 e. The summed E-state index contributed by atoms with van der Waals surface area (Å²) in [6.07, 6.45) is 0.901. The molecule has 1 amide bonds. The van der Waals surface area contributed by atoms with Crippen LogP contribution in [0.25, 0.3) is 11.3 Å². The van der Waals surface area contributed by atoms with Crippen molar-refractivity contribution >= 4 is 23.2 Å². The zero-order valence-corrected chi connectivity index (χ0v) is 22.6. The first-order valence-electron chi connectivity index (χ1n) is 13.1. The van der Waals surface area contributed by atoms with E-state index < -0.39 is 17.6 Å². The van der Waals surface area contributed by atoms with E-state index >= 15 is 0 Å². The number of carbonyl (C=O) groups excluding carboxylic acids is 1. The number of anilines is 3. The van der Waals surface area contributed by atoms with Crippen molar-refractivity contribution in [1.82, 2.24) is 19.9 Å². The van der Waals surface area contributed by atoms with Crippen LogP contribution in [0.2, 0.25) is 0 Å². The smallest absolute Gasteiger partial charge is 0.416 e. The van der Waals surface area contributed by atoms with E-state index in [9.17, 15) is 18.0 Å². The first kappa shape index (κ1) is 28.0. The van der Waals surface area contributed by atoms with E-state index in [2.05, 4.69) is 37.5 Å². The Morgan fingerprint density at radius 3 is 2.56 bits per heavy atom. The third-order valence-electron chi connectivity index (χ3n) is 6.83. The first-order valence-corrected chi connectivity index (χ1v) is 13.1. The number of pyridine rings is 1. The molecule has 212 valence electrons. The number of hydrogen-bond acceptors (Lipinski definition) is 7. The standard InChI is InChI=1S/C30H29F3N6O2/c1-19-6-8-23(36-28(40)20-4-3-5-22(16-20)30(31,32)33)17-26(19)38-29-34-13-10-25(37-29)21-7-9-27(35-18-21)41-24-11-14-39(2)15-12-24/h3-10,13,16-18,24H,11-12,14-15H2,1-2H3,(H,36,40)(H,34,37,38). The van der Waals surface area contributed by atoms with Crippen LogP contribution < -0.4 is 15.4 Å². The molecule has 0 radical (unpaired) electrons. The molecule has 1 saturated heterocycles. The van der Waals surface area contributed by atoms with Crippen LogP contribution >= 0.6 is 0 Å². The fraction of sp³-hybridized carbons (Fsp3) is 0.267. The highest BCUT2D eigenvalue weighted by Crippen LogP contribution is 2.30. The predicted molar refractivity (Wildman–Crippen MR) is 150 cm³/mol. The number of alkyl halides is 3. The molecule has 2 aromatic heterocycles. The van der Waals surface area contributed by atoms with E-state index in [1.165, 1.54) is 12.1 Å². The number of aryl methyl sites for hydroxylation is 1. The highest BCUT2D eigenvalue weighted by molar-refractivity contribution is 6.04. The molecule has 0 spiro atoms. The molecule has 3 heterocycles. The summed E-state index contributed by atoms with van der Waals surface area (Å²) in [5.74, 6) is 0.258. The molecule has 0 unspecified atom stereocenters. The number of piperidine rings is 1. The number of aromatic nitrogens is 3. The van der Waals surface area contributed by atoms with E-state index in [-0.39, 0.29) is 11.7 Å². The Morgan fingerprint density at radius 1 is 1.02 bits per heavy atom. The molecule has 8 nitrogen and oxygen atoms in total. The van der Waals surface area contributed by atoms with E-state index in [1.807, 2.05) is 19.1 Å². The predicted octanol–water partition coefficient (Wildman–Crippen LogP) is 6.33. The highest BCUT2D eigenvalue weighted by Gasteiger charge is 2.31. The van der Waals surface area contributed by atoms with Gasteiger partial charge in [0.25, 0.3) is 5.91 Å². The monoisotopic (exact) mass is 562 g/mol. The molecular formula is C30H29F3N6O2. The fourth-order valence-corrected chi connectivity index (χ4v) is 4.45. The normalized spacial score (nSPS) is 14.5. The molecule has 2 N–H and O–H groups in total. The molecular weight excluding hydrogens is 533 g/mol. The van der Waals surface area contributed by atoms with Gasteiger partial charge in [-0.05, 0) is 74.8 Å². The van der Waals surface area contributed by atoms with Gasteiger partial charge in [-0.25, -0.2) is 15.0 Å². The molecule has 1 aliphatic heterocycles. The largest absolute Gasteiger partial charge is 0.474 e. The second-order valence-electron chi connectivity index (χ2n) is 9.96. The van der Waals surface area contributed by atoms with E-state index in [0.717, 1.165) is 49.2 Å².